The molecule has 6 unspecified atom stereocenters. The van der Waals surface area contributed by atoms with Crippen molar-refractivity contribution in [2.24, 2.45) is 5.41 Å². The van der Waals surface area contributed by atoms with Crippen molar-refractivity contribution in [2.75, 3.05) is 40.1 Å². The summed E-state index contributed by atoms with van der Waals surface area (Å²) in [6.45, 7) is 9.77. The minimum absolute atomic E-state index is 0.0139. The number of hydrogen-bond acceptors (Lipinski definition) is 16. The van der Waals surface area contributed by atoms with E-state index in [1.807, 2.05) is 34.6 Å². The molecule has 0 bridgehead atoms. The standard InChI is InChI=1S/C41H64NO16/c1-8-40(5,9-2)19-26(43)21-54-39(50)58-32-17-12-14-25-18-33(52-7)34-28(42(51)35(25)32)15-13-16-31(34)57-38(49)55-22-27(44)20-53-23-29(45)36(47)37(48)30(46)24-56-41(6,10-3)11-4/h12,14,16-17,26-27,29-30,36-37,43-48,51H,8-11,13,15,18-24H2,1-7H3/q+1. The number of methoxy groups -OCH3 is 1. The number of carbonyl (C=O) groups excluding carboxylic acids is 2. The number of nitrogens with zero attached hydrogens (tertiary/aromatic N) is 1. The first-order valence-electron chi connectivity index (χ1n) is 19.9. The lowest BCUT2D eigenvalue weighted by Gasteiger charge is -2.31. The lowest BCUT2D eigenvalue weighted by Crippen LogP contribution is -2.48. The van der Waals surface area contributed by atoms with Crippen molar-refractivity contribution in [1.82, 2.24) is 0 Å². The second kappa shape index (κ2) is 22.5. The van der Waals surface area contributed by atoms with E-state index in [0.29, 0.717) is 37.0 Å². The Kier molecular flexibility index (Phi) is 18.9. The highest BCUT2D eigenvalue weighted by Gasteiger charge is 2.40. The summed E-state index contributed by atoms with van der Waals surface area (Å²) in [5, 5.41) is 73.6. The first-order valence-corrected chi connectivity index (χ1v) is 19.9. The van der Waals surface area contributed by atoms with Crippen molar-refractivity contribution in [3.05, 3.63) is 46.9 Å². The van der Waals surface area contributed by atoms with Gasteiger partial charge in [0.2, 0.25) is 11.5 Å². The van der Waals surface area contributed by atoms with Gasteiger partial charge >= 0.3 is 18.0 Å². The molecule has 0 spiro atoms. The van der Waals surface area contributed by atoms with Gasteiger partial charge in [0.25, 0.3) is 0 Å². The van der Waals surface area contributed by atoms with Gasteiger partial charge in [-0.1, -0.05) is 59.6 Å². The molecule has 3 rings (SSSR count). The van der Waals surface area contributed by atoms with Crippen LogP contribution < -0.4 is 4.74 Å². The number of benzene rings is 1. The Morgan fingerprint density at radius 2 is 1.40 bits per heavy atom. The quantitative estimate of drug-likeness (QED) is 0.0357. The second-order valence-corrected chi connectivity index (χ2v) is 15.3. The summed E-state index contributed by atoms with van der Waals surface area (Å²) in [6, 6.07) is 4.81. The zero-order valence-corrected chi connectivity index (χ0v) is 34.7. The number of allylic oxidation sites excluding steroid dienone is 3. The molecule has 328 valence electrons. The largest absolute Gasteiger partial charge is 0.514 e. The van der Waals surface area contributed by atoms with E-state index in [0.717, 1.165) is 17.6 Å². The predicted octanol–water partition coefficient (Wildman–Crippen LogP) is 3.96. The maximum absolute atomic E-state index is 12.8. The molecule has 0 saturated carbocycles. The lowest BCUT2D eigenvalue weighted by atomic mass is 9.80. The Balaban J connectivity index is 1.58. The van der Waals surface area contributed by atoms with Crippen LogP contribution in [0, 0.1) is 5.41 Å². The third-order valence-corrected chi connectivity index (χ3v) is 11.1. The van der Waals surface area contributed by atoms with Crippen LogP contribution in [0.1, 0.15) is 92.1 Å². The highest BCUT2D eigenvalue weighted by atomic mass is 16.7. The molecule has 1 aliphatic carbocycles. The van der Waals surface area contributed by atoms with Gasteiger partial charge < -0.3 is 63.8 Å². The van der Waals surface area contributed by atoms with Crippen LogP contribution in [0.5, 0.6) is 5.75 Å². The van der Waals surface area contributed by atoms with E-state index < -0.39 is 74.4 Å². The third-order valence-electron chi connectivity index (χ3n) is 11.1. The van der Waals surface area contributed by atoms with Crippen LogP contribution in [0.2, 0.25) is 0 Å². The average molecular weight is 827 g/mol. The third kappa shape index (κ3) is 13.4. The molecule has 1 aromatic rings. The van der Waals surface area contributed by atoms with Crippen molar-refractivity contribution < 1.29 is 83.3 Å². The van der Waals surface area contributed by atoms with E-state index in [4.69, 9.17) is 33.2 Å². The Morgan fingerprint density at radius 3 is 2.00 bits per heavy atom. The SMILES string of the molecule is CCC(C)(CC)CC(O)COC(=O)Oc1cccc2c1[N+](O)=C1CCC=C(OC(=O)OCC(O)COCC(O)C(O)C(O)C(O)COC(C)(CC)CC)C1=C(OC)C2. The number of aliphatic hydroxyl groups excluding tert-OH is 6. The summed E-state index contributed by atoms with van der Waals surface area (Å²) in [5.41, 5.74) is 0.562. The molecule has 17 nitrogen and oxygen atoms in total. The number of rotatable bonds is 23. The zero-order valence-electron chi connectivity index (χ0n) is 34.7. The number of para-hydroxylation sites is 1. The Labute approximate surface area is 340 Å². The van der Waals surface area contributed by atoms with Crippen molar-refractivity contribution in [2.45, 2.75) is 135 Å². The Bertz CT molecular complexity index is 1600. The van der Waals surface area contributed by atoms with Crippen LogP contribution in [0.25, 0.3) is 0 Å². The molecule has 0 amide bonds. The lowest BCUT2D eigenvalue weighted by molar-refractivity contribution is -0.713. The number of fused-ring (bicyclic) bond motifs is 2. The molecule has 1 aromatic carbocycles. The molecule has 6 atom stereocenters. The Hall–Kier alpha value is -3.81. The second-order valence-electron chi connectivity index (χ2n) is 15.3. The van der Waals surface area contributed by atoms with Gasteiger partial charge in [0.1, 0.15) is 60.8 Å². The summed E-state index contributed by atoms with van der Waals surface area (Å²) in [4.78, 5) is 25.6. The van der Waals surface area contributed by atoms with Gasteiger partial charge in [0, 0.05) is 23.1 Å². The van der Waals surface area contributed by atoms with Crippen LogP contribution in [0.4, 0.5) is 15.3 Å². The van der Waals surface area contributed by atoms with Gasteiger partial charge in [-0.25, -0.2) is 9.59 Å². The van der Waals surface area contributed by atoms with Gasteiger partial charge in [-0.2, -0.15) is 0 Å². The van der Waals surface area contributed by atoms with Gasteiger partial charge in [-0.15, -0.1) is 0 Å². The minimum Gasteiger partial charge on any atom is -0.500 e. The van der Waals surface area contributed by atoms with Crippen molar-refractivity contribution in [3.63, 3.8) is 0 Å². The molecule has 0 radical (unpaired) electrons. The molecule has 0 fully saturated rings. The maximum atomic E-state index is 12.8. The van der Waals surface area contributed by atoms with E-state index in [-0.39, 0.29) is 60.0 Å². The normalized spacial score (nSPS) is 17.8. The summed E-state index contributed by atoms with van der Waals surface area (Å²) in [7, 11) is 1.42. The number of hydrogen-bond donors (Lipinski definition) is 7. The van der Waals surface area contributed by atoms with Crippen LogP contribution >= 0.6 is 0 Å². The van der Waals surface area contributed by atoms with E-state index in [1.54, 1.807) is 18.2 Å². The summed E-state index contributed by atoms with van der Waals surface area (Å²) in [6.07, 6.45) is -5.37. The monoisotopic (exact) mass is 826 g/mol. The highest BCUT2D eigenvalue weighted by Crippen LogP contribution is 2.39. The van der Waals surface area contributed by atoms with Crippen LogP contribution in [-0.2, 0) is 34.8 Å². The Morgan fingerprint density at radius 1 is 0.793 bits per heavy atom. The van der Waals surface area contributed by atoms with Crippen molar-refractivity contribution in [1.29, 1.82) is 0 Å². The highest BCUT2D eigenvalue weighted by molar-refractivity contribution is 6.03. The predicted molar refractivity (Wildman–Crippen MR) is 208 cm³/mol. The topological polar surface area (TPSA) is 243 Å². The van der Waals surface area contributed by atoms with Crippen LogP contribution in [-0.4, -0.2) is 141 Å². The molecule has 0 saturated heterocycles. The van der Waals surface area contributed by atoms with E-state index in [1.165, 1.54) is 13.2 Å². The molecule has 1 heterocycles. The van der Waals surface area contributed by atoms with Gasteiger partial charge in [0.15, 0.2) is 0 Å². The molecule has 58 heavy (non-hydrogen) atoms. The average Bonchev–Trinajstić information content (AvgIpc) is 3.34. The van der Waals surface area contributed by atoms with Crippen LogP contribution in [0.3, 0.4) is 0 Å². The van der Waals surface area contributed by atoms with Gasteiger partial charge in [0.05, 0.1) is 38.6 Å². The zero-order chi connectivity index (χ0) is 43.2. The number of ether oxygens (including phenoxy) is 7. The van der Waals surface area contributed by atoms with Gasteiger partial charge in [-0.3, -0.25) is 5.21 Å². The maximum Gasteiger partial charge on any atom is 0.514 e. The van der Waals surface area contributed by atoms with E-state index >= 15 is 0 Å². The van der Waals surface area contributed by atoms with Crippen molar-refractivity contribution >= 4 is 23.7 Å². The number of aliphatic hydroxyl groups is 6. The molecule has 17 heteroatoms. The first kappa shape index (κ1) is 48.6. The van der Waals surface area contributed by atoms with E-state index in [2.05, 4.69) is 6.92 Å². The van der Waals surface area contributed by atoms with Gasteiger partial charge in [-0.05, 0) is 50.2 Å². The molecule has 7 N–H and O–H groups in total. The summed E-state index contributed by atoms with van der Waals surface area (Å²) >= 11 is 0. The smallest absolute Gasteiger partial charge is 0.500 e. The minimum atomic E-state index is -1.78. The molecule has 2 aliphatic rings. The first-order chi connectivity index (χ1) is 27.4. The fourth-order valence-corrected chi connectivity index (χ4v) is 6.42. The molecular formula is C41H64NO16+. The summed E-state index contributed by atoms with van der Waals surface area (Å²) < 4.78 is 38.8. The fourth-order valence-electron chi connectivity index (χ4n) is 6.42. The van der Waals surface area contributed by atoms with Crippen LogP contribution in [0.15, 0.2) is 41.4 Å². The fraction of sp³-hybridized carbons (Fsp3) is 0.683. The van der Waals surface area contributed by atoms with E-state index in [9.17, 15) is 45.4 Å². The van der Waals surface area contributed by atoms with Crippen molar-refractivity contribution in [3.8, 4) is 5.75 Å². The molecule has 1 aliphatic heterocycles. The molecular weight excluding hydrogens is 762 g/mol. The number of carbonyl (C=O) groups is 2. The summed E-state index contributed by atoms with van der Waals surface area (Å²) in [5.74, 6) is 0.319. The molecule has 0 aromatic heterocycles.